The molecule has 3 unspecified atom stereocenters. The molecule has 1 N–H and O–H groups in total. The molecule has 24 heavy (non-hydrogen) atoms. The normalized spacial score (nSPS) is 27.4. The molecule has 0 spiro atoms. The average molecular weight is 343 g/mol. The fraction of sp³-hybridized carbons (Fsp3) is 0.588. The highest BCUT2D eigenvalue weighted by Crippen LogP contribution is 2.30. The summed E-state index contributed by atoms with van der Waals surface area (Å²) in [6, 6.07) is 4.86. The van der Waals surface area contributed by atoms with Gasteiger partial charge < -0.3 is 14.8 Å². The van der Waals surface area contributed by atoms with Crippen LogP contribution in [0.5, 0.6) is 0 Å². The Kier molecular flexibility index (Phi) is 5.10. The summed E-state index contributed by atoms with van der Waals surface area (Å²) >= 11 is 0. The molecule has 0 aromatic heterocycles. The summed E-state index contributed by atoms with van der Waals surface area (Å²) in [6.07, 6.45) is -2.09. The Labute approximate surface area is 138 Å². The Morgan fingerprint density at radius 1 is 1.17 bits per heavy atom. The minimum absolute atomic E-state index is 0.00800. The quantitative estimate of drug-likeness (QED) is 0.918. The van der Waals surface area contributed by atoms with Crippen molar-refractivity contribution in [3.63, 3.8) is 0 Å². The summed E-state index contributed by atoms with van der Waals surface area (Å²) in [5, 5.41) is 2.90. The van der Waals surface area contributed by atoms with Gasteiger partial charge in [-0.3, -0.25) is 4.79 Å². The Balaban J connectivity index is 1.54. The summed E-state index contributed by atoms with van der Waals surface area (Å²) in [7, 11) is 0. The van der Waals surface area contributed by atoms with Gasteiger partial charge in [0.05, 0.1) is 37.4 Å². The van der Waals surface area contributed by atoms with Crippen LogP contribution in [-0.4, -0.2) is 37.4 Å². The lowest BCUT2D eigenvalue weighted by Crippen LogP contribution is -2.49. The predicted molar refractivity (Wildman–Crippen MR) is 80.4 cm³/mol. The van der Waals surface area contributed by atoms with Crippen molar-refractivity contribution in [1.82, 2.24) is 5.32 Å². The molecule has 1 aromatic carbocycles. The number of carbonyl (C=O) groups excluding carboxylic acids is 1. The molecule has 1 saturated heterocycles. The smallest absolute Gasteiger partial charge is 0.373 e. The number of fused-ring (bicyclic) bond motifs is 1. The number of hydrogen-bond acceptors (Lipinski definition) is 3. The van der Waals surface area contributed by atoms with Gasteiger partial charge in [-0.25, -0.2) is 0 Å². The maximum atomic E-state index is 12.7. The first kappa shape index (κ1) is 17.2. The summed E-state index contributed by atoms with van der Waals surface area (Å²) in [5.74, 6) is -0.269. The average Bonchev–Trinajstić information content (AvgIpc) is 2.54. The van der Waals surface area contributed by atoms with Gasteiger partial charge in [0, 0.05) is 6.04 Å². The molecule has 0 radical (unpaired) electrons. The van der Waals surface area contributed by atoms with Gasteiger partial charge in [0.2, 0.25) is 5.91 Å². The zero-order chi connectivity index (χ0) is 17.2. The van der Waals surface area contributed by atoms with Crippen molar-refractivity contribution in [2.75, 3.05) is 13.2 Å². The standard InChI is InChI=1S/C17H20F3NO3/c18-17(19,20)12-3-1-2-11(8-12)9-16(22)21-13-4-5-14-15(10-13)24-7-6-23-14/h1-3,8,13-15H,4-7,9-10H2,(H,21,22). The number of hydrogen-bond donors (Lipinski definition) is 1. The van der Waals surface area contributed by atoms with Crippen molar-refractivity contribution in [1.29, 1.82) is 0 Å². The zero-order valence-corrected chi connectivity index (χ0v) is 13.1. The third kappa shape index (κ3) is 4.27. The van der Waals surface area contributed by atoms with Crippen molar-refractivity contribution in [2.45, 2.75) is 50.1 Å². The van der Waals surface area contributed by atoms with Gasteiger partial charge in [-0.05, 0) is 30.9 Å². The van der Waals surface area contributed by atoms with E-state index in [2.05, 4.69) is 5.32 Å². The number of rotatable bonds is 3. The van der Waals surface area contributed by atoms with E-state index in [1.54, 1.807) is 0 Å². The maximum Gasteiger partial charge on any atom is 0.416 e. The molecule has 1 aliphatic carbocycles. The second-order valence-electron chi connectivity index (χ2n) is 6.27. The van der Waals surface area contributed by atoms with Crippen LogP contribution < -0.4 is 5.32 Å². The third-order valence-electron chi connectivity index (χ3n) is 4.46. The Morgan fingerprint density at radius 2 is 1.92 bits per heavy atom. The van der Waals surface area contributed by atoms with E-state index in [0.29, 0.717) is 25.2 Å². The number of halogens is 3. The van der Waals surface area contributed by atoms with Gasteiger partial charge in [-0.15, -0.1) is 0 Å². The molecule has 1 amide bonds. The summed E-state index contributed by atoms with van der Waals surface area (Å²) in [5.41, 5.74) is -0.380. The lowest BCUT2D eigenvalue weighted by atomic mass is 9.89. The van der Waals surface area contributed by atoms with Crippen LogP contribution in [0.1, 0.15) is 30.4 Å². The van der Waals surface area contributed by atoms with Crippen LogP contribution >= 0.6 is 0 Å². The number of ether oxygens (including phenoxy) is 2. The fourth-order valence-electron chi connectivity index (χ4n) is 3.32. The molecule has 1 saturated carbocycles. The molecule has 1 aromatic rings. The Hall–Kier alpha value is -1.60. The highest BCUT2D eigenvalue weighted by molar-refractivity contribution is 5.78. The number of amides is 1. The Bertz CT molecular complexity index is 591. The van der Waals surface area contributed by atoms with Crippen molar-refractivity contribution in [3.8, 4) is 0 Å². The van der Waals surface area contributed by atoms with Crippen LogP contribution in [0.2, 0.25) is 0 Å². The van der Waals surface area contributed by atoms with E-state index in [-0.39, 0.29) is 30.6 Å². The fourth-order valence-corrected chi connectivity index (χ4v) is 3.32. The first-order valence-electron chi connectivity index (χ1n) is 8.10. The van der Waals surface area contributed by atoms with Crippen molar-refractivity contribution in [3.05, 3.63) is 35.4 Å². The van der Waals surface area contributed by atoms with Crippen molar-refractivity contribution < 1.29 is 27.4 Å². The molecule has 1 heterocycles. The van der Waals surface area contributed by atoms with Gasteiger partial charge in [0.15, 0.2) is 0 Å². The number of carbonyl (C=O) groups is 1. The summed E-state index contributed by atoms with van der Waals surface area (Å²) in [4.78, 5) is 12.1. The molecule has 0 bridgehead atoms. The molecular formula is C17H20F3NO3. The van der Waals surface area contributed by atoms with E-state index in [0.717, 1.165) is 25.0 Å². The highest BCUT2D eigenvalue weighted by atomic mass is 19.4. The first-order chi connectivity index (χ1) is 11.4. The molecule has 3 rings (SSSR count). The minimum Gasteiger partial charge on any atom is -0.373 e. The van der Waals surface area contributed by atoms with Crippen LogP contribution in [0.3, 0.4) is 0 Å². The summed E-state index contributed by atoms with van der Waals surface area (Å²) in [6.45, 7) is 1.17. The van der Waals surface area contributed by atoms with E-state index in [1.807, 2.05) is 0 Å². The van der Waals surface area contributed by atoms with Crippen molar-refractivity contribution in [2.24, 2.45) is 0 Å². The van der Waals surface area contributed by atoms with E-state index in [9.17, 15) is 18.0 Å². The van der Waals surface area contributed by atoms with E-state index >= 15 is 0 Å². The SMILES string of the molecule is O=C(Cc1cccc(C(F)(F)F)c1)NC1CCC2OCCOC2C1. The third-order valence-corrected chi connectivity index (χ3v) is 4.46. The lowest BCUT2D eigenvalue weighted by molar-refractivity contribution is -0.158. The Morgan fingerprint density at radius 3 is 2.67 bits per heavy atom. The molecule has 3 atom stereocenters. The van der Waals surface area contributed by atoms with Gasteiger partial charge in [0.25, 0.3) is 0 Å². The molecule has 7 heteroatoms. The topological polar surface area (TPSA) is 47.6 Å². The van der Waals surface area contributed by atoms with Gasteiger partial charge in [0.1, 0.15) is 0 Å². The summed E-state index contributed by atoms with van der Waals surface area (Å²) < 4.78 is 49.4. The van der Waals surface area contributed by atoms with Gasteiger partial charge in [-0.1, -0.05) is 18.2 Å². The van der Waals surface area contributed by atoms with E-state index in [4.69, 9.17) is 9.47 Å². The van der Waals surface area contributed by atoms with Gasteiger partial charge in [-0.2, -0.15) is 13.2 Å². The van der Waals surface area contributed by atoms with Crippen LogP contribution in [-0.2, 0) is 26.9 Å². The predicted octanol–water partition coefficient (Wildman–Crippen LogP) is 2.70. The molecule has 2 aliphatic rings. The molecule has 2 fully saturated rings. The molecule has 4 nitrogen and oxygen atoms in total. The second-order valence-corrected chi connectivity index (χ2v) is 6.27. The number of alkyl halides is 3. The van der Waals surface area contributed by atoms with Crippen molar-refractivity contribution >= 4 is 5.91 Å². The minimum atomic E-state index is -4.40. The van der Waals surface area contributed by atoms with E-state index in [1.165, 1.54) is 12.1 Å². The molecule has 132 valence electrons. The van der Waals surface area contributed by atoms with Gasteiger partial charge >= 0.3 is 6.18 Å². The maximum absolute atomic E-state index is 12.7. The van der Waals surface area contributed by atoms with Crippen LogP contribution in [0, 0.1) is 0 Å². The first-order valence-corrected chi connectivity index (χ1v) is 8.10. The highest BCUT2D eigenvalue weighted by Gasteiger charge is 2.35. The van der Waals surface area contributed by atoms with Crippen LogP contribution in [0.25, 0.3) is 0 Å². The number of benzene rings is 1. The van der Waals surface area contributed by atoms with Crippen LogP contribution in [0.15, 0.2) is 24.3 Å². The largest absolute Gasteiger partial charge is 0.416 e. The van der Waals surface area contributed by atoms with E-state index < -0.39 is 11.7 Å². The monoisotopic (exact) mass is 343 g/mol. The van der Waals surface area contributed by atoms with Crippen LogP contribution in [0.4, 0.5) is 13.2 Å². The number of nitrogens with one attached hydrogen (secondary N) is 1. The lowest BCUT2D eigenvalue weighted by Gasteiger charge is -2.39. The zero-order valence-electron chi connectivity index (χ0n) is 13.1. The second kappa shape index (κ2) is 7.11. The molecular weight excluding hydrogens is 323 g/mol. The molecule has 1 aliphatic heterocycles.